The second-order valence-electron chi connectivity index (χ2n) is 4.31. The maximum atomic E-state index is 11.9. The second kappa shape index (κ2) is 5.14. The molecule has 1 saturated heterocycles. The van der Waals surface area contributed by atoms with Gasteiger partial charge in [-0.25, -0.2) is 13.1 Å². The molecule has 18 heavy (non-hydrogen) atoms. The number of rotatable bonds is 4. The molecule has 2 N–H and O–H groups in total. The zero-order valence-corrected chi connectivity index (χ0v) is 11.2. The van der Waals surface area contributed by atoms with Gasteiger partial charge in [-0.15, -0.1) is 0 Å². The lowest BCUT2D eigenvalue weighted by molar-refractivity contribution is 0.0314. The van der Waals surface area contributed by atoms with Crippen LogP contribution in [0.1, 0.15) is 6.42 Å². The predicted octanol–water partition coefficient (Wildman–Crippen LogP) is 0.770. The van der Waals surface area contributed by atoms with Gasteiger partial charge in [-0.3, -0.25) is 0 Å². The molecule has 1 aromatic carbocycles. The Kier molecular flexibility index (Phi) is 3.93. The van der Waals surface area contributed by atoms with Crippen LogP contribution in [0, 0.1) is 0 Å². The summed E-state index contributed by atoms with van der Waals surface area (Å²) in [6.45, 7) is 0.535. The van der Waals surface area contributed by atoms with Gasteiger partial charge in [-0.2, -0.15) is 0 Å². The minimum absolute atomic E-state index is 0.0576. The molecule has 0 saturated carbocycles. The fourth-order valence-corrected chi connectivity index (χ4v) is 2.91. The summed E-state index contributed by atoms with van der Waals surface area (Å²) in [5, 5.41) is 10.4. The van der Waals surface area contributed by atoms with Gasteiger partial charge in [0.25, 0.3) is 0 Å². The third kappa shape index (κ3) is 3.21. The van der Waals surface area contributed by atoms with Gasteiger partial charge >= 0.3 is 0 Å². The molecule has 0 spiro atoms. The Morgan fingerprint density at radius 1 is 1.39 bits per heavy atom. The van der Waals surface area contributed by atoms with E-state index in [4.69, 9.17) is 16.3 Å². The van der Waals surface area contributed by atoms with E-state index in [1.807, 2.05) is 0 Å². The molecule has 0 aliphatic carbocycles. The summed E-state index contributed by atoms with van der Waals surface area (Å²) >= 11 is 5.69. The molecule has 5 nitrogen and oxygen atoms in total. The lowest BCUT2D eigenvalue weighted by Crippen LogP contribution is -2.43. The maximum absolute atomic E-state index is 11.9. The van der Waals surface area contributed by atoms with Gasteiger partial charge in [-0.05, 0) is 24.3 Å². The van der Waals surface area contributed by atoms with E-state index in [2.05, 4.69) is 4.72 Å². The van der Waals surface area contributed by atoms with E-state index in [-0.39, 0.29) is 18.0 Å². The molecular weight excluding hydrogens is 278 g/mol. The van der Waals surface area contributed by atoms with Gasteiger partial charge in [0, 0.05) is 24.6 Å². The minimum Gasteiger partial charge on any atom is -0.386 e. The van der Waals surface area contributed by atoms with Crippen molar-refractivity contribution in [3.63, 3.8) is 0 Å². The first-order valence-corrected chi connectivity index (χ1v) is 7.33. The Hall–Kier alpha value is -0.660. The Bertz CT molecular complexity index is 508. The van der Waals surface area contributed by atoms with Crippen molar-refractivity contribution in [3.05, 3.63) is 29.3 Å². The molecule has 0 radical (unpaired) electrons. The number of nitrogens with one attached hydrogen (secondary N) is 1. The van der Waals surface area contributed by atoms with Gasteiger partial charge in [0.1, 0.15) is 5.60 Å². The van der Waals surface area contributed by atoms with Crippen molar-refractivity contribution in [2.45, 2.75) is 16.9 Å². The van der Waals surface area contributed by atoms with Crippen LogP contribution in [0.25, 0.3) is 0 Å². The van der Waals surface area contributed by atoms with Crippen LogP contribution in [0.5, 0.6) is 0 Å². The van der Waals surface area contributed by atoms with Gasteiger partial charge in [0.15, 0.2) is 0 Å². The molecule has 1 aliphatic heterocycles. The Morgan fingerprint density at radius 3 is 2.61 bits per heavy atom. The average molecular weight is 292 g/mol. The normalized spacial score (nSPS) is 24.3. The highest BCUT2D eigenvalue weighted by Gasteiger charge is 2.33. The van der Waals surface area contributed by atoms with Crippen molar-refractivity contribution in [2.24, 2.45) is 0 Å². The third-order valence-corrected chi connectivity index (χ3v) is 4.47. The van der Waals surface area contributed by atoms with E-state index in [0.29, 0.717) is 18.1 Å². The summed E-state index contributed by atoms with van der Waals surface area (Å²) in [5.74, 6) is 0. The summed E-state index contributed by atoms with van der Waals surface area (Å²) in [7, 11) is -3.63. The van der Waals surface area contributed by atoms with Gasteiger partial charge in [0.05, 0.1) is 11.5 Å². The molecule has 1 aliphatic rings. The largest absolute Gasteiger partial charge is 0.386 e. The summed E-state index contributed by atoms with van der Waals surface area (Å²) in [4.78, 5) is 0.120. The van der Waals surface area contributed by atoms with Crippen molar-refractivity contribution < 1.29 is 18.3 Å². The quantitative estimate of drug-likeness (QED) is 0.859. The van der Waals surface area contributed by atoms with Crippen LogP contribution in [0.3, 0.4) is 0 Å². The van der Waals surface area contributed by atoms with E-state index >= 15 is 0 Å². The van der Waals surface area contributed by atoms with Crippen LogP contribution in [-0.2, 0) is 14.8 Å². The standard InChI is InChI=1S/C11H14ClNO4S/c12-9-1-3-10(4-2-9)18(15,16)13-7-11(14)5-6-17-8-11/h1-4,13-14H,5-8H2. The van der Waals surface area contributed by atoms with E-state index in [1.165, 1.54) is 24.3 Å². The van der Waals surface area contributed by atoms with Crippen LogP contribution < -0.4 is 4.72 Å². The molecule has 7 heteroatoms. The second-order valence-corrected chi connectivity index (χ2v) is 6.51. The molecule has 1 aromatic rings. The van der Waals surface area contributed by atoms with E-state index in [9.17, 15) is 13.5 Å². The first-order chi connectivity index (χ1) is 8.41. The predicted molar refractivity (Wildman–Crippen MR) is 67.0 cm³/mol. The van der Waals surface area contributed by atoms with E-state index < -0.39 is 15.6 Å². The number of ether oxygens (including phenoxy) is 1. The number of hydrogen-bond donors (Lipinski definition) is 2. The monoisotopic (exact) mass is 291 g/mol. The summed E-state index contributed by atoms with van der Waals surface area (Å²) < 4.78 is 31.3. The van der Waals surface area contributed by atoms with Crippen LogP contribution >= 0.6 is 11.6 Å². The third-order valence-electron chi connectivity index (χ3n) is 2.80. The van der Waals surface area contributed by atoms with E-state index in [1.54, 1.807) is 0 Å². The number of benzene rings is 1. The molecule has 1 unspecified atom stereocenters. The first-order valence-electron chi connectivity index (χ1n) is 5.47. The Labute approximate surface area is 111 Å². The van der Waals surface area contributed by atoms with Crippen molar-refractivity contribution >= 4 is 21.6 Å². The highest BCUT2D eigenvalue weighted by molar-refractivity contribution is 7.89. The highest BCUT2D eigenvalue weighted by Crippen LogP contribution is 2.19. The molecule has 100 valence electrons. The van der Waals surface area contributed by atoms with E-state index in [0.717, 1.165) is 0 Å². The summed E-state index contributed by atoms with van der Waals surface area (Å²) in [6, 6.07) is 5.84. The molecule has 1 fully saturated rings. The lowest BCUT2D eigenvalue weighted by Gasteiger charge is -2.20. The molecule has 2 rings (SSSR count). The molecule has 0 bridgehead atoms. The molecule has 0 amide bonds. The topological polar surface area (TPSA) is 75.6 Å². The van der Waals surface area contributed by atoms with Crippen molar-refractivity contribution in [2.75, 3.05) is 19.8 Å². The molecular formula is C11H14ClNO4S. The maximum Gasteiger partial charge on any atom is 0.240 e. The zero-order chi connectivity index (χ0) is 13.2. The number of halogens is 1. The zero-order valence-electron chi connectivity index (χ0n) is 9.60. The first kappa shape index (κ1) is 13.8. The number of sulfonamides is 1. The van der Waals surface area contributed by atoms with Gasteiger partial charge < -0.3 is 9.84 Å². The smallest absolute Gasteiger partial charge is 0.240 e. The van der Waals surface area contributed by atoms with Crippen molar-refractivity contribution in [3.8, 4) is 0 Å². The Morgan fingerprint density at radius 2 is 2.06 bits per heavy atom. The highest BCUT2D eigenvalue weighted by atomic mass is 35.5. The van der Waals surface area contributed by atoms with Crippen LogP contribution in [-0.4, -0.2) is 38.9 Å². The van der Waals surface area contributed by atoms with Gasteiger partial charge in [0.2, 0.25) is 10.0 Å². The van der Waals surface area contributed by atoms with Gasteiger partial charge in [-0.1, -0.05) is 11.6 Å². The molecule has 0 aromatic heterocycles. The molecule has 1 heterocycles. The lowest BCUT2D eigenvalue weighted by atomic mass is 10.1. The minimum atomic E-state index is -3.63. The number of aliphatic hydroxyl groups is 1. The Balaban J connectivity index is 2.05. The fourth-order valence-electron chi connectivity index (χ4n) is 1.66. The number of hydrogen-bond acceptors (Lipinski definition) is 4. The van der Waals surface area contributed by atoms with Crippen molar-refractivity contribution in [1.82, 2.24) is 4.72 Å². The summed E-state index contributed by atoms with van der Waals surface area (Å²) in [6.07, 6.45) is 0.427. The summed E-state index contributed by atoms with van der Waals surface area (Å²) in [5.41, 5.74) is -1.11. The molecule has 1 atom stereocenters. The van der Waals surface area contributed by atoms with Crippen LogP contribution in [0.2, 0.25) is 5.02 Å². The fraction of sp³-hybridized carbons (Fsp3) is 0.455. The SMILES string of the molecule is O=S(=O)(NCC1(O)CCOC1)c1ccc(Cl)cc1. The van der Waals surface area contributed by atoms with Crippen LogP contribution in [0.15, 0.2) is 29.2 Å². The van der Waals surface area contributed by atoms with Crippen LogP contribution in [0.4, 0.5) is 0 Å². The van der Waals surface area contributed by atoms with Crippen molar-refractivity contribution in [1.29, 1.82) is 0 Å². The average Bonchev–Trinajstić information content (AvgIpc) is 2.75.